The Morgan fingerprint density at radius 3 is 1.81 bits per heavy atom. The van der Waals surface area contributed by atoms with Crippen LogP contribution in [0.15, 0.2) is 90.2 Å². The second kappa shape index (κ2) is 10.1. The van der Waals surface area contributed by atoms with Gasteiger partial charge in [-0.2, -0.15) is 0 Å². The zero-order chi connectivity index (χ0) is 21.8. The van der Waals surface area contributed by atoms with Gasteiger partial charge in [-0.3, -0.25) is 9.97 Å². The molecule has 32 heavy (non-hydrogen) atoms. The maximum atomic E-state index is 4.56. The van der Waals surface area contributed by atoms with E-state index in [0.29, 0.717) is 0 Å². The molecule has 0 aliphatic heterocycles. The number of hydrogen-bond acceptors (Lipinski definition) is 3. The van der Waals surface area contributed by atoms with Crippen LogP contribution in [0.25, 0.3) is 32.6 Å². The molecule has 0 atom stereocenters. The second-order valence-electron chi connectivity index (χ2n) is 8.52. The molecule has 0 N–H and O–H groups in total. The van der Waals surface area contributed by atoms with Crippen molar-refractivity contribution in [2.24, 2.45) is 4.99 Å². The summed E-state index contributed by atoms with van der Waals surface area (Å²) >= 11 is 0. The first kappa shape index (κ1) is 23.8. The minimum absolute atomic E-state index is 0. The molecule has 3 aromatic carbocycles. The van der Waals surface area contributed by atoms with Gasteiger partial charge in [0.2, 0.25) is 0 Å². The quantitative estimate of drug-likeness (QED) is 0.118. The Balaban J connectivity index is 0.000000186. The smallest absolute Gasteiger partial charge is 0.0802 e. The van der Waals surface area contributed by atoms with Gasteiger partial charge in [-0.05, 0) is 44.0 Å². The maximum Gasteiger partial charge on any atom is 0.0802 e. The summed E-state index contributed by atoms with van der Waals surface area (Å²) in [5.41, 5.74) is 4.18. The average molecular weight is 600 g/mol. The number of hydrogen-bond donors (Lipinski definition) is 0. The second-order valence-corrected chi connectivity index (χ2v) is 8.52. The van der Waals surface area contributed by atoms with Gasteiger partial charge in [0.15, 0.2) is 0 Å². The summed E-state index contributed by atoms with van der Waals surface area (Å²) in [4.78, 5) is 13.6. The minimum Gasteiger partial charge on any atom is -0.332 e. The van der Waals surface area contributed by atoms with E-state index in [-0.39, 0.29) is 26.6 Å². The van der Waals surface area contributed by atoms with E-state index < -0.39 is 0 Å². The van der Waals surface area contributed by atoms with Gasteiger partial charge in [0, 0.05) is 55.2 Å². The molecule has 0 radical (unpaired) electrons. The molecule has 4 heteroatoms. The first-order chi connectivity index (χ1) is 14.9. The van der Waals surface area contributed by atoms with Crippen LogP contribution in [0.3, 0.4) is 0 Å². The van der Waals surface area contributed by atoms with Gasteiger partial charge in [0.25, 0.3) is 0 Å². The van der Waals surface area contributed by atoms with E-state index in [2.05, 4.69) is 78.2 Å². The predicted octanol–water partition coefficient (Wildman–Crippen LogP) is 7.03. The van der Waals surface area contributed by atoms with E-state index in [0.717, 1.165) is 38.5 Å². The summed E-state index contributed by atoms with van der Waals surface area (Å²) in [5, 5.41) is 4.64. The van der Waals surface area contributed by atoms with Gasteiger partial charge in [0.05, 0.1) is 11.0 Å². The topological polar surface area (TPSA) is 38.1 Å². The monoisotopic (exact) mass is 599 g/mol. The van der Waals surface area contributed by atoms with Crippen molar-refractivity contribution in [2.75, 3.05) is 0 Å². The fourth-order valence-corrected chi connectivity index (χ4v) is 3.67. The third kappa shape index (κ3) is 5.47. The van der Waals surface area contributed by atoms with Crippen molar-refractivity contribution in [1.29, 1.82) is 0 Å². The van der Waals surface area contributed by atoms with E-state index in [4.69, 9.17) is 0 Å². The molecule has 164 valence electrons. The summed E-state index contributed by atoms with van der Waals surface area (Å²) in [6.45, 7) is 8.31. The molecule has 5 aromatic rings. The molecule has 0 unspecified atom stereocenters. The van der Waals surface area contributed by atoms with Crippen LogP contribution in [0.2, 0.25) is 0 Å². The number of benzene rings is 3. The van der Waals surface area contributed by atoms with Crippen molar-refractivity contribution in [3.05, 3.63) is 96.8 Å². The van der Waals surface area contributed by atoms with Gasteiger partial charge in [0.1, 0.15) is 0 Å². The number of aliphatic imine (C=N–C) groups is 1. The third-order valence-corrected chi connectivity index (χ3v) is 4.93. The zero-order valence-corrected chi connectivity index (χ0v) is 21.0. The van der Waals surface area contributed by atoms with Crippen molar-refractivity contribution < 1.29 is 21.1 Å². The fourth-order valence-electron chi connectivity index (χ4n) is 3.67. The van der Waals surface area contributed by atoms with Gasteiger partial charge >= 0.3 is 0 Å². The minimum atomic E-state index is -0.00619. The SMILES string of the molecule is CC(=NC(C)(C)C)c1[c-]cccc1.[Pt].c1cnc2c(c1)ccc1ccc3cccnc3c12. The molecule has 0 aliphatic rings. The molecule has 0 saturated heterocycles. The summed E-state index contributed by atoms with van der Waals surface area (Å²) in [6.07, 6.45) is 3.67. The molecular weight excluding hydrogens is 573 g/mol. The van der Waals surface area contributed by atoms with Crippen molar-refractivity contribution in [1.82, 2.24) is 9.97 Å². The number of rotatable bonds is 1. The first-order valence-electron chi connectivity index (χ1n) is 10.5. The van der Waals surface area contributed by atoms with Crippen LogP contribution in [0, 0.1) is 6.07 Å². The number of pyridine rings is 2. The molecule has 5 rings (SSSR count). The van der Waals surface area contributed by atoms with Crippen LogP contribution in [0.5, 0.6) is 0 Å². The summed E-state index contributed by atoms with van der Waals surface area (Å²) < 4.78 is 0. The van der Waals surface area contributed by atoms with E-state index in [1.54, 1.807) is 0 Å². The number of aromatic nitrogens is 2. The van der Waals surface area contributed by atoms with Gasteiger partial charge in [-0.15, -0.1) is 35.9 Å². The predicted molar refractivity (Wildman–Crippen MR) is 132 cm³/mol. The average Bonchev–Trinajstić information content (AvgIpc) is 2.78. The molecule has 2 heterocycles. The normalized spacial score (nSPS) is 11.7. The van der Waals surface area contributed by atoms with Gasteiger partial charge in [-0.25, -0.2) is 0 Å². The Morgan fingerprint density at radius 2 is 1.31 bits per heavy atom. The number of fused-ring (bicyclic) bond motifs is 5. The molecule has 3 nitrogen and oxygen atoms in total. The van der Waals surface area contributed by atoms with Crippen LogP contribution in [0.1, 0.15) is 33.3 Å². The van der Waals surface area contributed by atoms with Crippen LogP contribution in [-0.4, -0.2) is 21.2 Å². The van der Waals surface area contributed by atoms with Crippen LogP contribution in [-0.2, 0) is 21.1 Å². The van der Waals surface area contributed by atoms with E-state index in [1.165, 1.54) is 5.39 Å². The summed E-state index contributed by atoms with van der Waals surface area (Å²) in [5.74, 6) is 0. The Labute approximate surface area is 203 Å². The van der Waals surface area contributed by atoms with Gasteiger partial charge < -0.3 is 4.99 Å². The largest absolute Gasteiger partial charge is 0.332 e. The van der Waals surface area contributed by atoms with Crippen LogP contribution in [0.4, 0.5) is 0 Å². The third-order valence-electron chi connectivity index (χ3n) is 4.93. The van der Waals surface area contributed by atoms with E-state index in [1.807, 2.05) is 55.7 Å². The summed E-state index contributed by atoms with van der Waals surface area (Å²) in [7, 11) is 0. The van der Waals surface area contributed by atoms with Crippen LogP contribution >= 0.6 is 0 Å². The first-order valence-corrected chi connectivity index (χ1v) is 10.5. The number of nitrogens with zero attached hydrogens (tertiary/aromatic N) is 3. The Hall–Kier alpha value is -2.90. The molecule has 0 aliphatic carbocycles. The molecule has 0 spiro atoms. The summed E-state index contributed by atoms with van der Waals surface area (Å²) in [6, 6.07) is 27.7. The Kier molecular flexibility index (Phi) is 7.53. The molecular formula is C28H26N3Pt-. The molecule has 0 saturated carbocycles. The van der Waals surface area contributed by atoms with Crippen LogP contribution < -0.4 is 0 Å². The Morgan fingerprint density at radius 1 is 0.750 bits per heavy atom. The van der Waals surface area contributed by atoms with Crippen molar-refractivity contribution >= 4 is 38.3 Å². The fraction of sp³-hybridized carbons (Fsp3) is 0.179. The molecule has 0 amide bonds. The zero-order valence-electron chi connectivity index (χ0n) is 18.7. The van der Waals surface area contributed by atoms with Gasteiger partial charge in [-0.1, -0.05) is 43.3 Å². The molecule has 0 bridgehead atoms. The van der Waals surface area contributed by atoms with Crippen molar-refractivity contribution in [3.8, 4) is 0 Å². The maximum absolute atomic E-state index is 4.56. The standard InChI is InChI=1S/C16H10N2.C12H16N.Pt/c1-3-12-7-5-11-6-8-13-4-2-10-18-16(13)14(11)15(12)17-9-1;1-10(13-12(2,3)4)11-8-6-5-7-9-11;/h1-10H;5-8H,1-4H3;/q;-1;. The van der Waals surface area contributed by atoms with E-state index in [9.17, 15) is 0 Å². The van der Waals surface area contributed by atoms with Crippen molar-refractivity contribution in [3.63, 3.8) is 0 Å². The molecule has 2 aromatic heterocycles. The van der Waals surface area contributed by atoms with E-state index >= 15 is 0 Å². The molecule has 0 fully saturated rings. The Bertz CT molecular complexity index is 1300. The van der Waals surface area contributed by atoms with Crippen molar-refractivity contribution in [2.45, 2.75) is 33.2 Å².